The van der Waals surface area contributed by atoms with Gasteiger partial charge < -0.3 is 9.30 Å². The molecule has 1 heterocycles. The molecule has 0 atom stereocenters. The van der Waals surface area contributed by atoms with Gasteiger partial charge in [-0.2, -0.15) is 0 Å². The van der Waals surface area contributed by atoms with Crippen molar-refractivity contribution in [1.82, 2.24) is 4.57 Å². The second kappa shape index (κ2) is 6.88. The molecule has 0 fully saturated rings. The van der Waals surface area contributed by atoms with Gasteiger partial charge in [-0.3, -0.25) is 4.79 Å². The minimum Gasteiger partial charge on any atom is -0.491 e. The Morgan fingerprint density at radius 2 is 1.83 bits per heavy atom. The van der Waals surface area contributed by atoms with Gasteiger partial charge in [0.2, 0.25) is 0 Å². The molecule has 0 aliphatic heterocycles. The number of pyridine rings is 1. The summed E-state index contributed by atoms with van der Waals surface area (Å²) < 4.78 is 7.33. The number of benzene rings is 2. The highest BCUT2D eigenvalue weighted by Crippen LogP contribution is 2.23. The van der Waals surface area contributed by atoms with E-state index >= 15 is 0 Å². The Hall–Kier alpha value is -1.97. The van der Waals surface area contributed by atoms with Crippen LogP contribution in [0.25, 0.3) is 10.8 Å². The van der Waals surface area contributed by atoms with E-state index in [1.54, 1.807) is 29.0 Å². The fourth-order valence-corrected chi connectivity index (χ4v) is 2.89. The Kier molecular flexibility index (Phi) is 4.83. The van der Waals surface area contributed by atoms with E-state index in [1.165, 1.54) is 0 Å². The molecule has 124 valence electrons. The predicted octanol–water partition coefficient (Wildman–Crippen LogP) is 5.14. The maximum Gasteiger partial charge on any atom is 0.258 e. The molecule has 2 aromatic carbocycles. The number of fused-ring (bicyclic) bond motifs is 1. The molecule has 0 bridgehead atoms. The molecular formula is C19H17Cl2NO2. The summed E-state index contributed by atoms with van der Waals surface area (Å²) in [6.45, 7) is 4.38. The molecular weight excluding hydrogens is 345 g/mol. The first kappa shape index (κ1) is 16.9. The van der Waals surface area contributed by atoms with E-state index in [-0.39, 0.29) is 11.7 Å². The second-order valence-corrected chi connectivity index (χ2v) is 6.73. The van der Waals surface area contributed by atoms with Crippen LogP contribution in [0.2, 0.25) is 10.0 Å². The van der Waals surface area contributed by atoms with Crippen molar-refractivity contribution in [3.05, 3.63) is 74.6 Å². The largest absolute Gasteiger partial charge is 0.491 e. The molecule has 0 aliphatic rings. The zero-order valence-corrected chi connectivity index (χ0v) is 14.9. The second-order valence-electron chi connectivity index (χ2n) is 5.91. The van der Waals surface area contributed by atoms with E-state index in [0.717, 1.165) is 16.7 Å². The topological polar surface area (TPSA) is 31.2 Å². The van der Waals surface area contributed by atoms with Gasteiger partial charge in [0.1, 0.15) is 5.75 Å². The summed E-state index contributed by atoms with van der Waals surface area (Å²) >= 11 is 12.0. The standard InChI is InChI=1S/C19H17Cl2NO2/c1-12(2)24-15-4-5-16-14(10-15)7-8-22(19(16)23)11-13-3-6-17(20)18(21)9-13/h3-10,12H,11H2,1-2H3. The van der Waals surface area contributed by atoms with Crippen molar-refractivity contribution in [2.24, 2.45) is 0 Å². The van der Waals surface area contributed by atoms with E-state index in [2.05, 4.69) is 0 Å². The third kappa shape index (κ3) is 3.58. The third-order valence-corrected chi connectivity index (χ3v) is 4.40. The first-order chi connectivity index (χ1) is 11.4. The first-order valence-electron chi connectivity index (χ1n) is 7.68. The van der Waals surface area contributed by atoms with Crippen molar-refractivity contribution in [2.45, 2.75) is 26.5 Å². The summed E-state index contributed by atoms with van der Waals surface area (Å²) in [6, 6.07) is 12.8. The van der Waals surface area contributed by atoms with E-state index in [0.29, 0.717) is 22.0 Å². The van der Waals surface area contributed by atoms with Crippen molar-refractivity contribution in [2.75, 3.05) is 0 Å². The summed E-state index contributed by atoms with van der Waals surface area (Å²) in [7, 11) is 0. The average Bonchev–Trinajstić information content (AvgIpc) is 2.53. The lowest BCUT2D eigenvalue weighted by molar-refractivity contribution is 0.243. The van der Waals surface area contributed by atoms with Crippen LogP contribution in [0.4, 0.5) is 0 Å². The highest BCUT2D eigenvalue weighted by Gasteiger charge is 2.07. The van der Waals surface area contributed by atoms with E-state index in [4.69, 9.17) is 27.9 Å². The number of halogens is 2. The SMILES string of the molecule is CC(C)Oc1ccc2c(=O)n(Cc3ccc(Cl)c(Cl)c3)ccc2c1. The molecule has 0 unspecified atom stereocenters. The van der Waals surface area contributed by atoms with Gasteiger partial charge in [-0.05, 0) is 61.2 Å². The quantitative estimate of drug-likeness (QED) is 0.643. The first-order valence-corrected chi connectivity index (χ1v) is 8.43. The van der Waals surface area contributed by atoms with Crippen molar-refractivity contribution in [3.63, 3.8) is 0 Å². The van der Waals surface area contributed by atoms with Crippen LogP contribution < -0.4 is 10.3 Å². The van der Waals surface area contributed by atoms with Crippen LogP contribution in [-0.2, 0) is 6.54 Å². The highest BCUT2D eigenvalue weighted by molar-refractivity contribution is 6.42. The summed E-state index contributed by atoms with van der Waals surface area (Å²) in [5.41, 5.74) is 0.875. The van der Waals surface area contributed by atoms with Gasteiger partial charge >= 0.3 is 0 Å². The lowest BCUT2D eigenvalue weighted by Crippen LogP contribution is -2.20. The number of aromatic nitrogens is 1. The molecule has 3 aromatic rings. The molecule has 0 saturated carbocycles. The molecule has 0 N–H and O–H groups in total. The lowest BCUT2D eigenvalue weighted by atomic mass is 10.1. The number of hydrogen-bond donors (Lipinski definition) is 0. The number of ether oxygens (including phenoxy) is 1. The van der Waals surface area contributed by atoms with Crippen molar-refractivity contribution >= 4 is 34.0 Å². The number of hydrogen-bond acceptors (Lipinski definition) is 2. The zero-order chi connectivity index (χ0) is 17.3. The molecule has 0 aliphatic carbocycles. The molecule has 0 spiro atoms. The fraction of sp³-hybridized carbons (Fsp3) is 0.211. The molecule has 5 heteroatoms. The number of nitrogens with zero attached hydrogens (tertiary/aromatic N) is 1. The lowest BCUT2D eigenvalue weighted by Gasteiger charge is -2.12. The van der Waals surface area contributed by atoms with Gasteiger partial charge in [-0.25, -0.2) is 0 Å². The summed E-state index contributed by atoms with van der Waals surface area (Å²) in [4.78, 5) is 12.7. The average molecular weight is 362 g/mol. The van der Waals surface area contributed by atoms with Crippen LogP contribution >= 0.6 is 23.2 Å². The van der Waals surface area contributed by atoms with Gasteiger partial charge in [-0.15, -0.1) is 0 Å². The summed E-state index contributed by atoms with van der Waals surface area (Å²) in [6.07, 6.45) is 1.88. The van der Waals surface area contributed by atoms with Crippen LogP contribution in [0.1, 0.15) is 19.4 Å². The molecule has 0 amide bonds. The summed E-state index contributed by atoms with van der Waals surface area (Å²) in [5.74, 6) is 0.763. The minimum absolute atomic E-state index is 0.0466. The Morgan fingerprint density at radius 1 is 1.04 bits per heavy atom. The highest BCUT2D eigenvalue weighted by atomic mass is 35.5. The molecule has 3 rings (SSSR count). The zero-order valence-electron chi connectivity index (χ0n) is 13.4. The Bertz CT molecular complexity index is 948. The van der Waals surface area contributed by atoms with Gasteiger partial charge in [0.05, 0.1) is 22.7 Å². The van der Waals surface area contributed by atoms with Gasteiger partial charge in [0, 0.05) is 11.6 Å². The molecule has 24 heavy (non-hydrogen) atoms. The van der Waals surface area contributed by atoms with Crippen LogP contribution in [0.5, 0.6) is 5.75 Å². The third-order valence-electron chi connectivity index (χ3n) is 3.66. The monoisotopic (exact) mass is 361 g/mol. The number of rotatable bonds is 4. The Balaban J connectivity index is 1.96. The van der Waals surface area contributed by atoms with E-state index in [1.807, 2.05) is 38.1 Å². The van der Waals surface area contributed by atoms with Crippen molar-refractivity contribution in [3.8, 4) is 5.75 Å². The van der Waals surface area contributed by atoms with Gasteiger partial charge in [-0.1, -0.05) is 29.3 Å². The maximum atomic E-state index is 12.7. The normalized spacial score (nSPS) is 11.2. The van der Waals surface area contributed by atoms with Crippen LogP contribution in [0, 0.1) is 0 Å². The molecule has 3 nitrogen and oxygen atoms in total. The predicted molar refractivity (Wildman–Crippen MR) is 99.5 cm³/mol. The van der Waals surface area contributed by atoms with Crippen LogP contribution in [0.15, 0.2) is 53.5 Å². The van der Waals surface area contributed by atoms with Gasteiger partial charge in [0.25, 0.3) is 5.56 Å². The Morgan fingerprint density at radius 3 is 2.54 bits per heavy atom. The minimum atomic E-state index is -0.0466. The summed E-state index contributed by atoms with van der Waals surface area (Å²) in [5, 5.41) is 2.51. The van der Waals surface area contributed by atoms with E-state index < -0.39 is 0 Å². The maximum absolute atomic E-state index is 12.7. The Labute approximate surface area is 150 Å². The smallest absolute Gasteiger partial charge is 0.258 e. The van der Waals surface area contributed by atoms with Crippen LogP contribution in [-0.4, -0.2) is 10.7 Å². The molecule has 0 saturated heterocycles. The van der Waals surface area contributed by atoms with Crippen LogP contribution in [0.3, 0.4) is 0 Å². The fourth-order valence-electron chi connectivity index (χ4n) is 2.57. The van der Waals surface area contributed by atoms with Crippen molar-refractivity contribution < 1.29 is 4.74 Å². The van der Waals surface area contributed by atoms with Crippen molar-refractivity contribution in [1.29, 1.82) is 0 Å². The van der Waals surface area contributed by atoms with E-state index in [9.17, 15) is 4.79 Å². The molecule has 1 aromatic heterocycles. The van der Waals surface area contributed by atoms with Gasteiger partial charge in [0.15, 0.2) is 0 Å². The molecule has 0 radical (unpaired) electrons.